The fourth-order valence-electron chi connectivity index (χ4n) is 1.12. The number of aliphatic imine (C=N–C) groups is 1. The van der Waals surface area contributed by atoms with E-state index in [-0.39, 0.29) is 5.83 Å². The van der Waals surface area contributed by atoms with Crippen LogP contribution in [0.3, 0.4) is 0 Å². The van der Waals surface area contributed by atoms with E-state index in [2.05, 4.69) is 4.99 Å². The number of hydrogen-bond donors (Lipinski definition) is 0. The SMILES string of the molecule is C/N=C(\C)C1=C(F)C=CCC1. The highest BCUT2D eigenvalue weighted by molar-refractivity contribution is 5.99. The Bertz CT molecular complexity index is 236. The van der Waals surface area contributed by atoms with E-state index in [0.29, 0.717) is 0 Å². The molecule has 0 saturated carbocycles. The summed E-state index contributed by atoms with van der Waals surface area (Å²) in [5, 5.41) is 0. The Kier molecular flexibility index (Phi) is 2.58. The van der Waals surface area contributed by atoms with E-state index in [1.807, 2.05) is 13.0 Å². The van der Waals surface area contributed by atoms with Crippen LogP contribution in [0.15, 0.2) is 28.5 Å². The van der Waals surface area contributed by atoms with Crippen LogP contribution in [0.4, 0.5) is 4.39 Å². The van der Waals surface area contributed by atoms with E-state index in [0.717, 1.165) is 24.1 Å². The zero-order valence-corrected chi connectivity index (χ0v) is 6.89. The van der Waals surface area contributed by atoms with Gasteiger partial charge in [-0.25, -0.2) is 4.39 Å². The maximum atomic E-state index is 13.0. The van der Waals surface area contributed by atoms with Crippen molar-refractivity contribution >= 4 is 5.71 Å². The van der Waals surface area contributed by atoms with Crippen LogP contribution in [0.5, 0.6) is 0 Å². The summed E-state index contributed by atoms with van der Waals surface area (Å²) in [5.41, 5.74) is 1.57. The highest BCUT2D eigenvalue weighted by Gasteiger charge is 2.09. The lowest BCUT2D eigenvalue weighted by Crippen LogP contribution is -2.01. The molecule has 60 valence electrons. The van der Waals surface area contributed by atoms with Crippen LogP contribution in [0.1, 0.15) is 19.8 Å². The Morgan fingerprint density at radius 2 is 2.36 bits per heavy atom. The van der Waals surface area contributed by atoms with Crippen LogP contribution in [-0.4, -0.2) is 12.8 Å². The first-order chi connectivity index (χ1) is 5.25. The van der Waals surface area contributed by atoms with Crippen LogP contribution in [-0.2, 0) is 0 Å². The molecule has 0 aliphatic heterocycles. The standard InChI is InChI=1S/C9H12FN/c1-7(11-2)8-5-3-4-6-9(8)10/h4,6H,3,5H2,1-2H3/b11-7+. The molecule has 1 aliphatic rings. The number of allylic oxidation sites excluding steroid dienone is 4. The molecule has 0 saturated heterocycles. The summed E-state index contributed by atoms with van der Waals surface area (Å²) in [5.74, 6) is -0.126. The van der Waals surface area contributed by atoms with E-state index >= 15 is 0 Å². The molecule has 0 amide bonds. The van der Waals surface area contributed by atoms with Gasteiger partial charge >= 0.3 is 0 Å². The first kappa shape index (κ1) is 8.18. The van der Waals surface area contributed by atoms with Gasteiger partial charge in [0.1, 0.15) is 5.83 Å². The van der Waals surface area contributed by atoms with Crippen molar-refractivity contribution in [2.75, 3.05) is 7.05 Å². The number of hydrogen-bond acceptors (Lipinski definition) is 1. The summed E-state index contributed by atoms with van der Waals surface area (Å²) in [6.45, 7) is 1.84. The topological polar surface area (TPSA) is 12.4 Å². The first-order valence-corrected chi connectivity index (χ1v) is 3.74. The molecule has 0 unspecified atom stereocenters. The average Bonchev–Trinajstić information content (AvgIpc) is 2.04. The van der Waals surface area contributed by atoms with Gasteiger partial charge < -0.3 is 0 Å². The molecule has 0 aromatic rings. The third kappa shape index (κ3) is 1.76. The maximum Gasteiger partial charge on any atom is 0.127 e. The normalized spacial score (nSPS) is 19.4. The Morgan fingerprint density at radius 1 is 1.64 bits per heavy atom. The summed E-state index contributed by atoms with van der Waals surface area (Å²) in [6, 6.07) is 0. The molecule has 2 heteroatoms. The summed E-state index contributed by atoms with van der Waals surface area (Å²) >= 11 is 0. The monoisotopic (exact) mass is 153 g/mol. The Labute approximate surface area is 66.3 Å². The zero-order valence-electron chi connectivity index (χ0n) is 6.89. The second kappa shape index (κ2) is 3.46. The predicted octanol–water partition coefficient (Wildman–Crippen LogP) is 2.65. The molecular formula is C9H12FN. The molecule has 0 bridgehead atoms. The molecule has 0 spiro atoms. The number of rotatable bonds is 1. The van der Waals surface area contributed by atoms with Crippen molar-refractivity contribution in [2.45, 2.75) is 19.8 Å². The third-order valence-electron chi connectivity index (χ3n) is 1.89. The zero-order chi connectivity index (χ0) is 8.27. The molecule has 0 radical (unpaired) electrons. The fourth-order valence-corrected chi connectivity index (χ4v) is 1.12. The van der Waals surface area contributed by atoms with Crippen molar-refractivity contribution in [2.24, 2.45) is 4.99 Å². The molecular weight excluding hydrogens is 141 g/mol. The van der Waals surface area contributed by atoms with Crippen LogP contribution in [0.2, 0.25) is 0 Å². The van der Waals surface area contributed by atoms with Crippen LogP contribution in [0.25, 0.3) is 0 Å². The molecule has 0 fully saturated rings. The molecule has 0 N–H and O–H groups in total. The van der Waals surface area contributed by atoms with Crippen LogP contribution >= 0.6 is 0 Å². The van der Waals surface area contributed by atoms with Crippen molar-refractivity contribution in [3.63, 3.8) is 0 Å². The van der Waals surface area contributed by atoms with Crippen LogP contribution < -0.4 is 0 Å². The molecule has 0 aromatic heterocycles. The van der Waals surface area contributed by atoms with Gasteiger partial charge in [0.2, 0.25) is 0 Å². The smallest absolute Gasteiger partial charge is 0.127 e. The third-order valence-corrected chi connectivity index (χ3v) is 1.89. The maximum absolute atomic E-state index is 13.0. The quantitative estimate of drug-likeness (QED) is 0.513. The minimum absolute atomic E-state index is 0.126. The Hall–Kier alpha value is -0.920. The van der Waals surface area contributed by atoms with E-state index in [1.165, 1.54) is 6.08 Å². The van der Waals surface area contributed by atoms with Gasteiger partial charge in [-0.05, 0) is 25.8 Å². The van der Waals surface area contributed by atoms with Gasteiger partial charge in [0.05, 0.1) is 0 Å². The van der Waals surface area contributed by atoms with Gasteiger partial charge in [0.25, 0.3) is 0 Å². The van der Waals surface area contributed by atoms with Gasteiger partial charge in [-0.2, -0.15) is 0 Å². The predicted molar refractivity (Wildman–Crippen MR) is 45.5 cm³/mol. The van der Waals surface area contributed by atoms with Crippen molar-refractivity contribution in [1.29, 1.82) is 0 Å². The van der Waals surface area contributed by atoms with Crippen LogP contribution in [0, 0.1) is 0 Å². The molecule has 1 rings (SSSR count). The van der Waals surface area contributed by atoms with Crippen molar-refractivity contribution < 1.29 is 4.39 Å². The van der Waals surface area contributed by atoms with Crippen molar-refractivity contribution in [3.05, 3.63) is 23.6 Å². The summed E-state index contributed by atoms with van der Waals surface area (Å²) in [7, 11) is 1.69. The van der Waals surface area contributed by atoms with Crippen molar-refractivity contribution in [3.8, 4) is 0 Å². The first-order valence-electron chi connectivity index (χ1n) is 3.74. The molecule has 1 aliphatic carbocycles. The lowest BCUT2D eigenvalue weighted by molar-refractivity contribution is 0.645. The molecule has 0 atom stereocenters. The highest BCUT2D eigenvalue weighted by atomic mass is 19.1. The number of halogens is 1. The van der Waals surface area contributed by atoms with E-state index in [9.17, 15) is 4.39 Å². The largest absolute Gasteiger partial charge is 0.293 e. The van der Waals surface area contributed by atoms with Gasteiger partial charge in [-0.15, -0.1) is 0 Å². The van der Waals surface area contributed by atoms with Crippen molar-refractivity contribution in [1.82, 2.24) is 0 Å². The lowest BCUT2D eigenvalue weighted by atomic mass is 10.0. The summed E-state index contributed by atoms with van der Waals surface area (Å²) < 4.78 is 13.0. The second-order valence-electron chi connectivity index (χ2n) is 2.58. The van der Waals surface area contributed by atoms with E-state index < -0.39 is 0 Å². The summed E-state index contributed by atoms with van der Waals surface area (Å²) in [4.78, 5) is 3.95. The second-order valence-corrected chi connectivity index (χ2v) is 2.58. The van der Waals surface area contributed by atoms with Gasteiger partial charge in [0.15, 0.2) is 0 Å². The minimum atomic E-state index is -0.126. The molecule has 11 heavy (non-hydrogen) atoms. The lowest BCUT2D eigenvalue weighted by Gasteiger charge is -2.09. The Balaban J connectivity index is 2.92. The van der Waals surface area contributed by atoms with Gasteiger partial charge in [-0.1, -0.05) is 6.08 Å². The minimum Gasteiger partial charge on any atom is -0.293 e. The highest BCUT2D eigenvalue weighted by Crippen LogP contribution is 2.20. The molecule has 0 heterocycles. The number of nitrogens with zero attached hydrogens (tertiary/aromatic N) is 1. The fraction of sp³-hybridized carbons (Fsp3) is 0.444. The van der Waals surface area contributed by atoms with Gasteiger partial charge in [0, 0.05) is 18.3 Å². The van der Waals surface area contributed by atoms with E-state index in [1.54, 1.807) is 7.05 Å². The Morgan fingerprint density at radius 3 is 2.91 bits per heavy atom. The summed E-state index contributed by atoms with van der Waals surface area (Å²) in [6.07, 6.45) is 5.08. The van der Waals surface area contributed by atoms with Gasteiger partial charge in [-0.3, -0.25) is 4.99 Å². The van der Waals surface area contributed by atoms with E-state index in [4.69, 9.17) is 0 Å². The molecule has 1 nitrogen and oxygen atoms in total. The molecule has 0 aromatic carbocycles. The average molecular weight is 153 g/mol.